The zero-order valence-corrected chi connectivity index (χ0v) is 12.4. The highest BCUT2D eigenvalue weighted by molar-refractivity contribution is 7.92. The number of hydrogen-bond acceptors (Lipinski definition) is 5. The SMILES string of the molecule is CC(C)(CNc1nc2ccccc2c(=O)[nH]1)S(C)(=O)=O. The van der Waals surface area contributed by atoms with Gasteiger partial charge in [-0.25, -0.2) is 13.4 Å². The van der Waals surface area contributed by atoms with Crippen LogP contribution in [0.3, 0.4) is 0 Å². The highest BCUT2D eigenvalue weighted by Crippen LogP contribution is 2.15. The maximum atomic E-state index is 11.9. The van der Waals surface area contributed by atoms with Crippen molar-refractivity contribution >= 4 is 26.7 Å². The van der Waals surface area contributed by atoms with Gasteiger partial charge in [-0.2, -0.15) is 0 Å². The van der Waals surface area contributed by atoms with Crippen molar-refractivity contribution < 1.29 is 8.42 Å². The van der Waals surface area contributed by atoms with Crippen molar-refractivity contribution in [3.8, 4) is 0 Å². The maximum absolute atomic E-state index is 11.9. The maximum Gasteiger partial charge on any atom is 0.260 e. The molecule has 0 bridgehead atoms. The molecular weight excluding hydrogens is 278 g/mol. The zero-order chi connectivity index (χ0) is 15.0. The van der Waals surface area contributed by atoms with Gasteiger partial charge < -0.3 is 5.32 Å². The first-order chi connectivity index (χ1) is 9.21. The van der Waals surface area contributed by atoms with E-state index in [4.69, 9.17) is 0 Å². The monoisotopic (exact) mass is 295 g/mol. The fourth-order valence-corrected chi connectivity index (χ4v) is 1.93. The smallest absolute Gasteiger partial charge is 0.260 e. The van der Waals surface area contributed by atoms with Crippen LogP contribution in [0.25, 0.3) is 10.9 Å². The van der Waals surface area contributed by atoms with Crippen LogP contribution < -0.4 is 10.9 Å². The second kappa shape index (κ2) is 4.90. The Labute approximate surface area is 117 Å². The van der Waals surface area contributed by atoms with Crippen LogP contribution in [-0.4, -0.2) is 35.9 Å². The number of sulfone groups is 1. The van der Waals surface area contributed by atoms with Crippen LogP contribution in [0, 0.1) is 0 Å². The minimum absolute atomic E-state index is 0.160. The summed E-state index contributed by atoms with van der Waals surface area (Å²) >= 11 is 0. The molecule has 0 fully saturated rings. The van der Waals surface area contributed by atoms with Crippen LogP contribution in [-0.2, 0) is 9.84 Å². The third-order valence-corrected chi connectivity index (χ3v) is 5.45. The number of benzene rings is 1. The summed E-state index contributed by atoms with van der Waals surface area (Å²) in [5.74, 6) is 0.269. The highest BCUT2D eigenvalue weighted by atomic mass is 32.2. The third kappa shape index (κ3) is 2.82. The van der Waals surface area contributed by atoms with Crippen LogP contribution >= 0.6 is 0 Å². The third-order valence-electron chi connectivity index (χ3n) is 3.30. The van der Waals surface area contributed by atoms with Crippen molar-refractivity contribution in [2.45, 2.75) is 18.6 Å². The summed E-state index contributed by atoms with van der Waals surface area (Å²) in [4.78, 5) is 18.7. The van der Waals surface area contributed by atoms with Crippen LogP contribution in [0.15, 0.2) is 29.1 Å². The van der Waals surface area contributed by atoms with Gasteiger partial charge in [-0.3, -0.25) is 9.78 Å². The van der Waals surface area contributed by atoms with E-state index in [9.17, 15) is 13.2 Å². The molecule has 20 heavy (non-hydrogen) atoms. The number of nitrogens with one attached hydrogen (secondary N) is 2. The average Bonchev–Trinajstić information content (AvgIpc) is 2.35. The summed E-state index contributed by atoms with van der Waals surface area (Å²) in [5.41, 5.74) is 0.311. The largest absolute Gasteiger partial charge is 0.354 e. The van der Waals surface area contributed by atoms with Crippen LogP contribution in [0.1, 0.15) is 13.8 Å². The molecule has 2 N–H and O–H groups in total. The van der Waals surface area contributed by atoms with Crippen molar-refractivity contribution in [1.29, 1.82) is 0 Å². The molecule has 0 saturated carbocycles. The summed E-state index contributed by atoms with van der Waals surface area (Å²) in [6.45, 7) is 3.40. The first kappa shape index (κ1) is 14.5. The lowest BCUT2D eigenvalue weighted by molar-refractivity contribution is 0.559. The molecule has 0 amide bonds. The second-order valence-corrected chi connectivity index (χ2v) is 7.97. The van der Waals surface area contributed by atoms with Gasteiger partial charge in [-0.15, -0.1) is 0 Å². The van der Waals surface area contributed by atoms with Gasteiger partial charge in [0.05, 0.1) is 15.6 Å². The molecule has 2 aromatic rings. The molecule has 1 aromatic carbocycles. The van der Waals surface area contributed by atoms with Gasteiger partial charge in [0, 0.05) is 12.8 Å². The van der Waals surface area contributed by atoms with Crippen LogP contribution in [0.2, 0.25) is 0 Å². The Morgan fingerprint density at radius 3 is 2.60 bits per heavy atom. The topological polar surface area (TPSA) is 91.9 Å². The first-order valence-electron chi connectivity index (χ1n) is 6.13. The molecule has 0 aliphatic heterocycles. The molecule has 0 unspecified atom stereocenters. The summed E-state index contributed by atoms with van der Waals surface area (Å²) in [6, 6.07) is 6.97. The fourth-order valence-electron chi connectivity index (χ4n) is 1.60. The number of fused-ring (bicyclic) bond motifs is 1. The van der Waals surface area contributed by atoms with E-state index in [1.165, 1.54) is 6.26 Å². The van der Waals surface area contributed by atoms with E-state index in [1.54, 1.807) is 38.1 Å². The Kier molecular flexibility index (Phi) is 3.56. The van der Waals surface area contributed by atoms with E-state index in [2.05, 4.69) is 15.3 Å². The Morgan fingerprint density at radius 2 is 1.95 bits per heavy atom. The van der Waals surface area contributed by atoms with Crippen molar-refractivity contribution in [2.75, 3.05) is 18.1 Å². The number of rotatable bonds is 4. The number of anilines is 1. The van der Waals surface area contributed by atoms with Gasteiger partial charge in [-0.1, -0.05) is 12.1 Å². The Morgan fingerprint density at radius 1 is 1.30 bits per heavy atom. The molecule has 0 aliphatic rings. The quantitative estimate of drug-likeness (QED) is 0.883. The molecule has 0 spiro atoms. The van der Waals surface area contributed by atoms with E-state index in [0.717, 1.165) is 0 Å². The minimum Gasteiger partial charge on any atom is -0.354 e. The number of aromatic amines is 1. The molecule has 7 heteroatoms. The van der Waals surface area contributed by atoms with E-state index in [1.807, 2.05) is 0 Å². The normalized spacial score (nSPS) is 12.6. The second-order valence-electron chi connectivity index (χ2n) is 5.32. The summed E-state index contributed by atoms with van der Waals surface area (Å²) in [6.07, 6.45) is 1.19. The van der Waals surface area contributed by atoms with Crippen molar-refractivity contribution in [3.05, 3.63) is 34.6 Å². The number of H-pyrrole nitrogens is 1. The Balaban J connectivity index is 2.30. The molecule has 2 rings (SSSR count). The Hall–Kier alpha value is -1.89. The summed E-state index contributed by atoms with van der Waals surface area (Å²) in [5, 5.41) is 3.38. The molecule has 0 saturated heterocycles. The first-order valence-corrected chi connectivity index (χ1v) is 8.02. The lowest BCUT2D eigenvalue weighted by atomic mass is 10.2. The van der Waals surface area contributed by atoms with Gasteiger partial charge in [0.15, 0.2) is 9.84 Å². The summed E-state index contributed by atoms with van der Waals surface area (Å²) < 4.78 is 22.3. The highest BCUT2D eigenvalue weighted by Gasteiger charge is 2.30. The van der Waals surface area contributed by atoms with E-state index in [0.29, 0.717) is 10.9 Å². The van der Waals surface area contributed by atoms with Gasteiger partial charge in [-0.05, 0) is 26.0 Å². The molecule has 1 heterocycles. The van der Waals surface area contributed by atoms with E-state index in [-0.39, 0.29) is 18.1 Å². The number of aromatic nitrogens is 2. The Bertz CT molecular complexity index is 794. The molecule has 6 nitrogen and oxygen atoms in total. The minimum atomic E-state index is -3.21. The predicted octanol–water partition coefficient (Wildman–Crippen LogP) is 1.16. The van der Waals surface area contributed by atoms with Gasteiger partial charge >= 0.3 is 0 Å². The number of para-hydroxylation sites is 1. The molecule has 1 aromatic heterocycles. The average molecular weight is 295 g/mol. The van der Waals surface area contributed by atoms with Crippen LogP contribution in [0.5, 0.6) is 0 Å². The molecular formula is C13H17N3O3S. The van der Waals surface area contributed by atoms with Gasteiger partial charge in [0.2, 0.25) is 5.95 Å². The molecule has 108 valence electrons. The van der Waals surface area contributed by atoms with Gasteiger partial charge in [0.1, 0.15) is 0 Å². The molecule has 0 aliphatic carbocycles. The summed E-state index contributed by atoms with van der Waals surface area (Å²) in [7, 11) is -3.21. The predicted molar refractivity (Wildman–Crippen MR) is 79.8 cm³/mol. The lowest BCUT2D eigenvalue weighted by Crippen LogP contribution is -2.38. The fraction of sp³-hybridized carbons (Fsp3) is 0.385. The van der Waals surface area contributed by atoms with E-state index < -0.39 is 14.6 Å². The van der Waals surface area contributed by atoms with Crippen molar-refractivity contribution in [2.24, 2.45) is 0 Å². The zero-order valence-electron chi connectivity index (χ0n) is 11.6. The van der Waals surface area contributed by atoms with Crippen molar-refractivity contribution in [3.63, 3.8) is 0 Å². The number of nitrogens with zero attached hydrogens (tertiary/aromatic N) is 1. The molecule has 0 atom stereocenters. The van der Waals surface area contributed by atoms with Crippen molar-refractivity contribution in [1.82, 2.24) is 9.97 Å². The number of hydrogen-bond donors (Lipinski definition) is 2. The van der Waals surface area contributed by atoms with E-state index >= 15 is 0 Å². The van der Waals surface area contributed by atoms with Gasteiger partial charge in [0.25, 0.3) is 5.56 Å². The lowest BCUT2D eigenvalue weighted by Gasteiger charge is -2.22. The molecule has 0 radical (unpaired) electrons. The standard InChI is InChI=1S/C13H17N3O3S/c1-13(2,20(3,18)19)8-14-12-15-10-7-5-4-6-9(10)11(17)16-12/h4-7H,8H2,1-3H3,(H2,14,15,16,17). The van der Waals surface area contributed by atoms with Crippen LogP contribution in [0.4, 0.5) is 5.95 Å².